The predicted molar refractivity (Wildman–Crippen MR) is 87.6 cm³/mol. The van der Waals surface area contributed by atoms with Crippen LogP contribution in [0.4, 0.5) is 0 Å². The van der Waals surface area contributed by atoms with Gasteiger partial charge in [-0.05, 0) is 60.5 Å². The molecule has 0 heterocycles. The van der Waals surface area contributed by atoms with Gasteiger partial charge >= 0.3 is 5.97 Å². The van der Waals surface area contributed by atoms with Gasteiger partial charge in [-0.15, -0.1) is 0 Å². The minimum Gasteiger partial charge on any atom is -0.461 e. The second-order valence-electron chi connectivity index (χ2n) is 8.28. The first-order chi connectivity index (χ1) is 11.0. The topological polar surface area (TPSA) is 43.4 Å². The monoisotopic (exact) mass is 314 g/mol. The first-order valence-corrected chi connectivity index (χ1v) is 9.08. The molecule has 0 spiro atoms. The van der Waals surface area contributed by atoms with Crippen molar-refractivity contribution in [3.8, 4) is 0 Å². The molecule has 0 aromatic heterocycles. The molecule has 0 radical (unpaired) electrons. The number of ether oxygens (including phenoxy) is 1. The van der Waals surface area contributed by atoms with E-state index in [4.69, 9.17) is 4.74 Å². The van der Waals surface area contributed by atoms with Crippen molar-refractivity contribution in [3.05, 3.63) is 23.8 Å². The number of ketones is 1. The molecule has 2 saturated carbocycles. The van der Waals surface area contributed by atoms with Crippen LogP contribution in [-0.4, -0.2) is 17.9 Å². The van der Waals surface area contributed by atoms with Crippen LogP contribution in [0.1, 0.15) is 52.4 Å². The largest absolute Gasteiger partial charge is 0.461 e. The molecule has 0 saturated heterocycles. The summed E-state index contributed by atoms with van der Waals surface area (Å²) in [5, 5.41) is 0. The summed E-state index contributed by atoms with van der Waals surface area (Å²) in [6, 6.07) is 0. The molecule has 4 rings (SSSR count). The SMILES string of the molecule is CC(=O)OC1CC(=O)C=C2C=C[C@@H]3[C@H](CC[C@]4(C)CCC[C@@H]34)[C@H]21. The Morgan fingerprint density at radius 2 is 2.13 bits per heavy atom. The van der Waals surface area contributed by atoms with Crippen molar-refractivity contribution in [2.45, 2.75) is 58.5 Å². The molecule has 23 heavy (non-hydrogen) atoms. The van der Waals surface area contributed by atoms with Crippen molar-refractivity contribution in [1.82, 2.24) is 0 Å². The number of hydrogen-bond donors (Lipinski definition) is 0. The fourth-order valence-electron chi connectivity index (χ4n) is 6.02. The van der Waals surface area contributed by atoms with Crippen molar-refractivity contribution in [2.24, 2.45) is 29.1 Å². The van der Waals surface area contributed by atoms with Crippen LogP contribution in [0.2, 0.25) is 0 Å². The van der Waals surface area contributed by atoms with Gasteiger partial charge in [-0.1, -0.05) is 25.5 Å². The van der Waals surface area contributed by atoms with E-state index >= 15 is 0 Å². The van der Waals surface area contributed by atoms with Crippen LogP contribution >= 0.6 is 0 Å². The highest BCUT2D eigenvalue weighted by Crippen LogP contribution is 2.60. The molecular weight excluding hydrogens is 288 g/mol. The van der Waals surface area contributed by atoms with Crippen molar-refractivity contribution in [1.29, 1.82) is 0 Å². The third kappa shape index (κ3) is 2.40. The molecule has 0 aliphatic heterocycles. The molecule has 0 aromatic rings. The minimum atomic E-state index is -0.267. The Morgan fingerprint density at radius 3 is 2.91 bits per heavy atom. The zero-order chi connectivity index (χ0) is 16.2. The summed E-state index contributed by atoms with van der Waals surface area (Å²) in [5.41, 5.74) is 1.59. The van der Waals surface area contributed by atoms with Gasteiger partial charge in [0.25, 0.3) is 0 Å². The first kappa shape index (κ1) is 15.2. The quantitative estimate of drug-likeness (QED) is 0.691. The summed E-state index contributed by atoms with van der Waals surface area (Å²) in [6.07, 6.45) is 12.9. The van der Waals surface area contributed by atoms with Crippen LogP contribution in [0.5, 0.6) is 0 Å². The van der Waals surface area contributed by atoms with Crippen LogP contribution in [0.15, 0.2) is 23.8 Å². The summed E-state index contributed by atoms with van der Waals surface area (Å²) in [6.45, 7) is 3.92. The van der Waals surface area contributed by atoms with Crippen molar-refractivity contribution in [3.63, 3.8) is 0 Å². The molecule has 6 atom stereocenters. The highest BCUT2D eigenvalue weighted by Gasteiger charge is 2.53. The zero-order valence-corrected chi connectivity index (χ0v) is 14.1. The predicted octanol–water partition coefficient (Wildman–Crippen LogP) is 3.84. The Morgan fingerprint density at radius 1 is 1.30 bits per heavy atom. The highest BCUT2D eigenvalue weighted by molar-refractivity contribution is 5.92. The van der Waals surface area contributed by atoms with E-state index in [1.165, 1.54) is 39.0 Å². The van der Waals surface area contributed by atoms with Crippen molar-refractivity contribution < 1.29 is 14.3 Å². The van der Waals surface area contributed by atoms with Gasteiger partial charge in [-0.25, -0.2) is 0 Å². The lowest BCUT2D eigenvalue weighted by atomic mass is 9.54. The van der Waals surface area contributed by atoms with E-state index in [0.29, 0.717) is 23.7 Å². The minimum absolute atomic E-state index is 0.0899. The van der Waals surface area contributed by atoms with Gasteiger partial charge in [0.15, 0.2) is 5.78 Å². The van der Waals surface area contributed by atoms with Crippen LogP contribution in [0.25, 0.3) is 0 Å². The van der Waals surface area contributed by atoms with Gasteiger partial charge in [-0.2, -0.15) is 0 Å². The van der Waals surface area contributed by atoms with E-state index in [-0.39, 0.29) is 23.8 Å². The number of allylic oxidation sites excluding steroid dienone is 3. The Hall–Kier alpha value is -1.38. The van der Waals surface area contributed by atoms with E-state index in [0.717, 1.165) is 11.5 Å². The van der Waals surface area contributed by atoms with Gasteiger partial charge in [0.05, 0.1) is 0 Å². The normalized spacial score (nSPS) is 44.9. The number of carbonyl (C=O) groups excluding carboxylic acids is 2. The second kappa shape index (κ2) is 5.32. The molecule has 4 aliphatic carbocycles. The Balaban J connectivity index is 1.69. The van der Waals surface area contributed by atoms with Gasteiger partial charge in [0, 0.05) is 19.3 Å². The maximum absolute atomic E-state index is 12.0. The van der Waals surface area contributed by atoms with Gasteiger partial charge in [0.2, 0.25) is 0 Å². The summed E-state index contributed by atoms with van der Waals surface area (Å²) < 4.78 is 5.58. The lowest BCUT2D eigenvalue weighted by Crippen LogP contribution is -2.47. The van der Waals surface area contributed by atoms with Crippen LogP contribution < -0.4 is 0 Å². The fourth-order valence-corrected chi connectivity index (χ4v) is 6.02. The zero-order valence-electron chi connectivity index (χ0n) is 14.1. The molecule has 3 heteroatoms. The Kier molecular flexibility index (Phi) is 3.51. The number of rotatable bonds is 1. The van der Waals surface area contributed by atoms with Gasteiger partial charge in [0.1, 0.15) is 6.10 Å². The van der Waals surface area contributed by atoms with Crippen molar-refractivity contribution in [2.75, 3.05) is 0 Å². The van der Waals surface area contributed by atoms with Crippen LogP contribution in [0.3, 0.4) is 0 Å². The standard InChI is InChI=1S/C20H26O3/c1-12(21)23-18-11-14(22)10-13-5-6-15-16(19(13)18)7-9-20(2)8-3-4-17(15)20/h5-6,10,15-19H,3-4,7-9,11H2,1-2H3/t15-,16+,17+,18?,19+,20+/m1/s1. The average molecular weight is 314 g/mol. The first-order valence-electron chi connectivity index (χ1n) is 9.08. The average Bonchev–Trinajstić information content (AvgIpc) is 2.87. The lowest BCUT2D eigenvalue weighted by Gasteiger charge is -2.51. The molecule has 4 aliphatic rings. The molecule has 0 bridgehead atoms. The molecule has 1 unspecified atom stereocenters. The summed E-state index contributed by atoms with van der Waals surface area (Å²) in [4.78, 5) is 23.5. The van der Waals surface area contributed by atoms with Gasteiger partial charge in [-0.3, -0.25) is 9.59 Å². The van der Waals surface area contributed by atoms with E-state index in [9.17, 15) is 9.59 Å². The maximum atomic E-state index is 12.0. The van der Waals surface area contributed by atoms with E-state index in [1.54, 1.807) is 6.08 Å². The van der Waals surface area contributed by atoms with Crippen LogP contribution in [0, 0.1) is 29.1 Å². The highest BCUT2D eigenvalue weighted by atomic mass is 16.5. The number of esters is 1. The lowest BCUT2D eigenvalue weighted by molar-refractivity contribution is -0.152. The molecule has 0 aromatic carbocycles. The van der Waals surface area contributed by atoms with Gasteiger partial charge < -0.3 is 4.74 Å². The number of fused-ring (bicyclic) bond motifs is 5. The molecule has 2 fully saturated rings. The molecule has 0 amide bonds. The third-order valence-electron chi connectivity index (χ3n) is 6.97. The molecule has 124 valence electrons. The van der Waals surface area contributed by atoms with Crippen molar-refractivity contribution >= 4 is 11.8 Å². The summed E-state index contributed by atoms with van der Waals surface area (Å²) >= 11 is 0. The summed E-state index contributed by atoms with van der Waals surface area (Å²) in [7, 11) is 0. The summed E-state index contributed by atoms with van der Waals surface area (Å²) in [5.74, 6) is 1.92. The molecule has 0 N–H and O–H groups in total. The number of hydrogen-bond acceptors (Lipinski definition) is 3. The molecule has 3 nitrogen and oxygen atoms in total. The van der Waals surface area contributed by atoms with E-state index in [2.05, 4.69) is 19.1 Å². The van der Waals surface area contributed by atoms with Crippen LogP contribution in [-0.2, 0) is 14.3 Å². The maximum Gasteiger partial charge on any atom is 0.302 e. The Bertz CT molecular complexity index is 602. The number of carbonyl (C=O) groups is 2. The molecular formula is C20H26O3. The fraction of sp³-hybridized carbons (Fsp3) is 0.700. The van der Waals surface area contributed by atoms with E-state index < -0.39 is 0 Å². The Labute approximate surface area is 138 Å². The third-order valence-corrected chi connectivity index (χ3v) is 6.97. The second-order valence-corrected chi connectivity index (χ2v) is 8.28. The smallest absolute Gasteiger partial charge is 0.302 e. The van der Waals surface area contributed by atoms with E-state index in [1.807, 2.05) is 0 Å².